The molecule has 0 atom stereocenters. The van der Waals surface area contributed by atoms with Crippen LogP contribution in [0.25, 0.3) is 10.9 Å². The summed E-state index contributed by atoms with van der Waals surface area (Å²) in [5, 5.41) is 3.24. The summed E-state index contributed by atoms with van der Waals surface area (Å²) in [4.78, 5) is 16.1. The number of nitrogens with one attached hydrogen (secondary N) is 1. The summed E-state index contributed by atoms with van der Waals surface area (Å²) >= 11 is 10.8. The van der Waals surface area contributed by atoms with Gasteiger partial charge in [-0.1, -0.05) is 33.6 Å². The first-order valence-corrected chi connectivity index (χ1v) is 7.26. The van der Waals surface area contributed by atoms with Crippen molar-refractivity contribution in [1.29, 1.82) is 0 Å². The molecule has 90 valence electrons. The van der Waals surface area contributed by atoms with Crippen molar-refractivity contribution in [3.63, 3.8) is 0 Å². The van der Waals surface area contributed by atoms with E-state index in [4.69, 9.17) is 11.6 Å². The van der Waals surface area contributed by atoms with Crippen molar-refractivity contribution in [2.75, 3.05) is 0 Å². The minimum Gasteiger partial charge on any atom is -0.360 e. The van der Waals surface area contributed by atoms with Gasteiger partial charge >= 0.3 is 0 Å². The lowest BCUT2D eigenvalue weighted by atomic mass is 10.1. The van der Waals surface area contributed by atoms with Gasteiger partial charge in [0.25, 0.3) is 0 Å². The SMILES string of the molecule is O=C(c1sccc1Cl)c1c[nH]c2cc(Br)ccc12. The Bertz CT molecular complexity index is 746. The predicted octanol–water partition coefficient (Wildman–Crippen LogP) is 4.88. The topological polar surface area (TPSA) is 32.9 Å². The molecule has 0 aliphatic carbocycles. The van der Waals surface area contributed by atoms with Crippen molar-refractivity contribution in [1.82, 2.24) is 4.98 Å². The van der Waals surface area contributed by atoms with E-state index >= 15 is 0 Å². The van der Waals surface area contributed by atoms with Crippen LogP contribution in [0.5, 0.6) is 0 Å². The highest BCUT2D eigenvalue weighted by molar-refractivity contribution is 9.10. The highest BCUT2D eigenvalue weighted by Crippen LogP contribution is 2.29. The molecule has 1 aromatic carbocycles. The molecule has 3 rings (SSSR count). The van der Waals surface area contributed by atoms with Gasteiger partial charge in [0.05, 0.1) is 9.90 Å². The maximum absolute atomic E-state index is 12.4. The average Bonchev–Trinajstić information content (AvgIpc) is 2.94. The Hall–Kier alpha value is -1.10. The molecule has 3 aromatic rings. The number of carbonyl (C=O) groups excluding carboxylic acids is 1. The zero-order valence-corrected chi connectivity index (χ0v) is 12.2. The van der Waals surface area contributed by atoms with Crippen molar-refractivity contribution in [2.45, 2.75) is 0 Å². The number of hydrogen-bond donors (Lipinski definition) is 1. The smallest absolute Gasteiger partial charge is 0.206 e. The lowest BCUT2D eigenvalue weighted by Crippen LogP contribution is -1.97. The Balaban J connectivity index is 2.16. The number of aromatic nitrogens is 1. The van der Waals surface area contributed by atoms with Crippen molar-refractivity contribution >= 4 is 55.6 Å². The zero-order valence-electron chi connectivity index (χ0n) is 9.04. The van der Waals surface area contributed by atoms with Crippen LogP contribution in [0.2, 0.25) is 5.02 Å². The van der Waals surface area contributed by atoms with Crippen LogP contribution >= 0.6 is 38.9 Å². The first kappa shape index (κ1) is 12.0. The monoisotopic (exact) mass is 339 g/mol. The molecule has 1 N–H and O–H groups in total. The van der Waals surface area contributed by atoms with Gasteiger partial charge in [-0.15, -0.1) is 11.3 Å². The molecule has 0 saturated heterocycles. The van der Waals surface area contributed by atoms with E-state index in [1.165, 1.54) is 11.3 Å². The van der Waals surface area contributed by atoms with Crippen LogP contribution in [-0.4, -0.2) is 10.8 Å². The third-order valence-corrected chi connectivity index (χ3v) is 4.55. The number of thiophene rings is 1. The Labute approximate surface area is 121 Å². The summed E-state index contributed by atoms with van der Waals surface area (Å²) in [7, 11) is 0. The van der Waals surface area contributed by atoms with Gasteiger partial charge in [0.2, 0.25) is 5.78 Å². The predicted molar refractivity (Wildman–Crippen MR) is 78.8 cm³/mol. The highest BCUT2D eigenvalue weighted by atomic mass is 79.9. The van der Waals surface area contributed by atoms with Crippen LogP contribution in [0, 0.1) is 0 Å². The molecule has 2 nitrogen and oxygen atoms in total. The molecule has 18 heavy (non-hydrogen) atoms. The molecule has 2 aromatic heterocycles. The van der Waals surface area contributed by atoms with Gasteiger partial charge in [0.1, 0.15) is 0 Å². The Morgan fingerprint density at radius 1 is 1.33 bits per heavy atom. The molecule has 2 heterocycles. The molecule has 0 aliphatic rings. The quantitative estimate of drug-likeness (QED) is 0.663. The van der Waals surface area contributed by atoms with E-state index in [1.807, 2.05) is 23.6 Å². The van der Waals surface area contributed by atoms with E-state index in [2.05, 4.69) is 20.9 Å². The molecule has 0 saturated carbocycles. The van der Waals surface area contributed by atoms with Crippen molar-refractivity contribution in [3.05, 3.63) is 55.8 Å². The van der Waals surface area contributed by atoms with Gasteiger partial charge in [-0.3, -0.25) is 4.79 Å². The first-order valence-electron chi connectivity index (χ1n) is 5.21. The van der Waals surface area contributed by atoms with Crippen LogP contribution < -0.4 is 0 Å². The molecular weight excluding hydrogens is 334 g/mol. The molecule has 0 amide bonds. The minimum absolute atomic E-state index is 0.0384. The molecule has 0 aliphatic heterocycles. The van der Waals surface area contributed by atoms with E-state index < -0.39 is 0 Å². The van der Waals surface area contributed by atoms with Crippen molar-refractivity contribution < 1.29 is 4.79 Å². The summed E-state index contributed by atoms with van der Waals surface area (Å²) in [5.41, 5.74) is 1.59. The number of benzene rings is 1. The molecule has 0 spiro atoms. The zero-order chi connectivity index (χ0) is 12.7. The maximum atomic E-state index is 12.4. The summed E-state index contributed by atoms with van der Waals surface area (Å²) in [5.74, 6) is -0.0384. The molecule has 0 radical (unpaired) electrons. The van der Waals surface area contributed by atoms with Crippen molar-refractivity contribution in [3.8, 4) is 0 Å². The Kier molecular flexibility index (Phi) is 3.01. The van der Waals surface area contributed by atoms with E-state index in [0.29, 0.717) is 15.5 Å². The number of ketones is 1. The van der Waals surface area contributed by atoms with E-state index in [-0.39, 0.29) is 5.78 Å². The third-order valence-electron chi connectivity index (χ3n) is 2.71. The van der Waals surface area contributed by atoms with Gasteiger partial charge in [0, 0.05) is 27.1 Å². The fourth-order valence-electron chi connectivity index (χ4n) is 1.86. The standard InChI is InChI=1S/C13H7BrClNOS/c14-7-1-2-8-9(6-16-11(8)5-7)12(17)13-10(15)3-4-18-13/h1-6,16H. The number of aromatic amines is 1. The van der Waals surface area contributed by atoms with Crippen LogP contribution in [0.3, 0.4) is 0 Å². The largest absolute Gasteiger partial charge is 0.360 e. The normalized spacial score (nSPS) is 11.0. The van der Waals surface area contributed by atoms with Gasteiger partial charge in [0.15, 0.2) is 0 Å². The lowest BCUT2D eigenvalue weighted by Gasteiger charge is -1.97. The van der Waals surface area contributed by atoms with Crippen LogP contribution in [-0.2, 0) is 0 Å². The van der Waals surface area contributed by atoms with E-state index in [0.717, 1.165) is 15.4 Å². The molecule has 0 bridgehead atoms. The molecule has 0 unspecified atom stereocenters. The lowest BCUT2D eigenvalue weighted by molar-refractivity contribution is 0.104. The number of hydrogen-bond acceptors (Lipinski definition) is 2. The van der Waals surface area contributed by atoms with Gasteiger partial charge in [-0.2, -0.15) is 0 Å². The Morgan fingerprint density at radius 2 is 2.17 bits per heavy atom. The summed E-state index contributed by atoms with van der Waals surface area (Å²) in [6.07, 6.45) is 1.73. The number of halogens is 2. The van der Waals surface area contributed by atoms with E-state index in [1.54, 1.807) is 12.3 Å². The summed E-state index contributed by atoms with van der Waals surface area (Å²) < 4.78 is 0.977. The van der Waals surface area contributed by atoms with Gasteiger partial charge in [-0.25, -0.2) is 0 Å². The third kappa shape index (κ3) is 1.90. The highest BCUT2D eigenvalue weighted by Gasteiger charge is 2.17. The van der Waals surface area contributed by atoms with E-state index in [9.17, 15) is 4.79 Å². The Morgan fingerprint density at radius 3 is 2.89 bits per heavy atom. The second-order valence-electron chi connectivity index (χ2n) is 3.82. The fourth-order valence-corrected chi connectivity index (χ4v) is 3.32. The minimum atomic E-state index is -0.0384. The maximum Gasteiger partial charge on any atom is 0.206 e. The van der Waals surface area contributed by atoms with Crippen LogP contribution in [0.15, 0.2) is 40.3 Å². The van der Waals surface area contributed by atoms with Gasteiger partial charge < -0.3 is 4.98 Å². The molecule has 0 fully saturated rings. The second-order valence-corrected chi connectivity index (χ2v) is 6.06. The number of fused-ring (bicyclic) bond motifs is 1. The second kappa shape index (κ2) is 4.53. The first-order chi connectivity index (χ1) is 8.66. The van der Waals surface area contributed by atoms with Crippen LogP contribution in [0.4, 0.5) is 0 Å². The number of rotatable bonds is 2. The summed E-state index contributed by atoms with van der Waals surface area (Å²) in [6, 6.07) is 7.53. The average molecular weight is 341 g/mol. The van der Waals surface area contributed by atoms with Gasteiger partial charge in [-0.05, 0) is 23.6 Å². The van der Waals surface area contributed by atoms with Crippen molar-refractivity contribution in [2.24, 2.45) is 0 Å². The molecular formula is C13H7BrClNOS. The number of H-pyrrole nitrogens is 1. The number of carbonyl (C=O) groups is 1. The summed E-state index contributed by atoms with van der Waals surface area (Å²) in [6.45, 7) is 0. The fraction of sp³-hybridized carbons (Fsp3) is 0. The molecule has 5 heteroatoms. The van der Waals surface area contributed by atoms with Crippen LogP contribution in [0.1, 0.15) is 15.2 Å².